The van der Waals surface area contributed by atoms with Gasteiger partial charge >= 0.3 is 0 Å². The summed E-state index contributed by atoms with van der Waals surface area (Å²) >= 11 is 0. The first-order chi connectivity index (χ1) is 6.95. The third-order valence-electron chi connectivity index (χ3n) is 1.67. The van der Waals surface area contributed by atoms with E-state index in [2.05, 4.69) is 22.1 Å². The van der Waals surface area contributed by atoms with Gasteiger partial charge in [0.2, 0.25) is 0 Å². The number of dihydropyridines is 1. The van der Waals surface area contributed by atoms with Crippen molar-refractivity contribution < 1.29 is 0 Å². The molecule has 1 aliphatic heterocycles. The van der Waals surface area contributed by atoms with E-state index in [4.69, 9.17) is 0 Å². The van der Waals surface area contributed by atoms with Crippen molar-refractivity contribution in [1.82, 2.24) is 4.98 Å². The maximum atomic E-state index is 4.39. The average molecular weight is 222 g/mol. The molecular weight excluding hydrogens is 212 g/mol. The van der Waals surface area contributed by atoms with Crippen LogP contribution in [0, 0.1) is 0 Å². The summed E-state index contributed by atoms with van der Waals surface area (Å²) in [7, 11) is 3.32. The second kappa shape index (κ2) is 5.22. The van der Waals surface area contributed by atoms with Gasteiger partial charge in [-0.05, 0) is 46.2 Å². The minimum atomic E-state index is 0.918. The molecule has 0 N–H and O–H groups in total. The summed E-state index contributed by atoms with van der Waals surface area (Å²) in [5.74, 6) is 0. The van der Waals surface area contributed by atoms with Crippen LogP contribution in [0.1, 0.15) is 6.42 Å². The lowest BCUT2D eigenvalue weighted by Crippen LogP contribution is -1.93. The number of nitrogens with zero attached hydrogens (tertiary/aromatic N) is 2. The fourth-order valence-electron chi connectivity index (χ4n) is 1.02. The fraction of sp³-hybridized carbons (Fsp3) is 0.200. The quantitative estimate of drug-likeness (QED) is 0.719. The molecule has 0 aromatic carbocycles. The predicted molar refractivity (Wildman–Crippen MR) is 63.7 cm³/mol. The Hall–Kier alpha value is -0.740. The Balaban J connectivity index is 1.88. The predicted octanol–water partition coefficient (Wildman–Crippen LogP) is 3.18. The van der Waals surface area contributed by atoms with Crippen molar-refractivity contribution in [2.24, 2.45) is 4.99 Å². The van der Waals surface area contributed by atoms with E-state index in [1.54, 1.807) is 27.8 Å². The van der Waals surface area contributed by atoms with E-state index in [1.165, 1.54) is 0 Å². The highest BCUT2D eigenvalue weighted by Gasteiger charge is 2.01. The summed E-state index contributed by atoms with van der Waals surface area (Å²) in [5, 5.41) is 2.12. The summed E-state index contributed by atoms with van der Waals surface area (Å²) < 4.78 is 0. The van der Waals surface area contributed by atoms with Crippen LogP contribution in [0.5, 0.6) is 0 Å². The van der Waals surface area contributed by atoms with Crippen molar-refractivity contribution in [2.75, 3.05) is 6.54 Å². The zero-order chi connectivity index (χ0) is 9.64. The van der Waals surface area contributed by atoms with Crippen molar-refractivity contribution in [3.05, 3.63) is 36.5 Å². The first-order valence-corrected chi connectivity index (χ1v) is 6.57. The van der Waals surface area contributed by atoms with Gasteiger partial charge in [-0.25, -0.2) is 4.98 Å². The number of rotatable bonds is 2. The molecule has 1 aromatic heterocycles. The molecule has 0 atom stereocenters. The van der Waals surface area contributed by atoms with Gasteiger partial charge in [-0.1, -0.05) is 12.1 Å². The molecule has 0 fully saturated rings. The Morgan fingerprint density at radius 3 is 2.93 bits per heavy atom. The Kier molecular flexibility index (Phi) is 3.65. The summed E-state index contributed by atoms with van der Waals surface area (Å²) in [6.45, 7) is 0.918. The molecule has 0 amide bonds. The van der Waals surface area contributed by atoms with E-state index in [1.807, 2.05) is 18.2 Å². The first-order valence-electron chi connectivity index (χ1n) is 4.42. The largest absolute Gasteiger partial charge is 0.277 e. The van der Waals surface area contributed by atoms with E-state index in [-0.39, 0.29) is 0 Å². The zero-order valence-corrected chi connectivity index (χ0v) is 9.22. The molecule has 0 radical (unpaired) electrons. The molecule has 14 heavy (non-hydrogen) atoms. The van der Waals surface area contributed by atoms with Crippen molar-refractivity contribution in [2.45, 2.75) is 11.4 Å². The van der Waals surface area contributed by atoms with Gasteiger partial charge in [-0.3, -0.25) is 4.99 Å². The lowest BCUT2D eigenvalue weighted by Gasteiger charge is -2.03. The SMILES string of the molecule is C1=CC(SSc2ccccn2)=NCC1. The van der Waals surface area contributed by atoms with Crippen LogP contribution in [-0.4, -0.2) is 16.6 Å². The topological polar surface area (TPSA) is 25.2 Å². The van der Waals surface area contributed by atoms with Gasteiger partial charge < -0.3 is 0 Å². The molecule has 0 aliphatic carbocycles. The van der Waals surface area contributed by atoms with Gasteiger partial charge in [0, 0.05) is 12.7 Å². The maximum Gasteiger partial charge on any atom is 0.107 e. The van der Waals surface area contributed by atoms with Gasteiger partial charge in [0.25, 0.3) is 0 Å². The molecule has 0 unspecified atom stereocenters. The summed E-state index contributed by atoms with van der Waals surface area (Å²) in [4.78, 5) is 8.61. The molecule has 2 rings (SSSR count). The average Bonchev–Trinajstić information content (AvgIpc) is 2.29. The molecule has 2 heterocycles. The molecule has 1 aliphatic rings. The molecular formula is C10H10N2S2. The highest BCUT2D eigenvalue weighted by molar-refractivity contribution is 8.82. The highest BCUT2D eigenvalue weighted by atomic mass is 33.1. The monoisotopic (exact) mass is 222 g/mol. The van der Waals surface area contributed by atoms with Crippen LogP contribution < -0.4 is 0 Å². The highest BCUT2D eigenvalue weighted by Crippen LogP contribution is 2.31. The molecule has 72 valence electrons. The van der Waals surface area contributed by atoms with Gasteiger partial charge in [0.05, 0.1) is 0 Å². The molecule has 0 spiro atoms. The minimum Gasteiger partial charge on any atom is -0.277 e. The van der Waals surface area contributed by atoms with E-state index >= 15 is 0 Å². The van der Waals surface area contributed by atoms with Crippen molar-refractivity contribution in [3.63, 3.8) is 0 Å². The van der Waals surface area contributed by atoms with Crippen LogP contribution in [0.2, 0.25) is 0 Å². The fourth-order valence-corrected chi connectivity index (χ4v) is 2.86. The molecule has 4 heteroatoms. The standard InChI is InChI=1S/C10H10N2S2/c1-3-7-11-9(5-1)13-14-10-6-2-4-8-12-10/h1-3,5-7H,4,8H2. The van der Waals surface area contributed by atoms with Crippen LogP contribution >= 0.6 is 21.6 Å². The lowest BCUT2D eigenvalue weighted by atomic mass is 10.3. The maximum absolute atomic E-state index is 4.39. The Bertz CT molecular complexity index is 346. The van der Waals surface area contributed by atoms with Crippen LogP contribution in [0.3, 0.4) is 0 Å². The second-order valence-electron chi connectivity index (χ2n) is 2.75. The number of pyridine rings is 1. The first kappa shape index (κ1) is 9.80. The Labute approximate surface area is 91.3 Å². The number of aliphatic imine (C=N–C) groups is 1. The van der Waals surface area contributed by atoms with E-state index in [0.717, 1.165) is 23.0 Å². The third kappa shape index (κ3) is 2.89. The van der Waals surface area contributed by atoms with Crippen LogP contribution in [0.4, 0.5) is 0 Å². The van der Waals surface area contributed by atoms with Gasteiger partial charge in [-0.15, -0.1) is 0 Å². The van der Waals surface area contributed by atoms with E-state index in [9.17, 15) is 0 Å². The molecule has 1 aromatic rings. The normalized spacial score (nSPS) is 15.3. The smallest absolute Gasteiger partial charge is 0.107 e. The molecule has 0 saturated heterocycles. The second-order valence-corrected chi connectivity index (χ2v) is 4.92. The van der Waals surface area contributed by atoms with Crippen molar-refractivity contribution >= 4 is 26.6 Å². The van der Waals surface area contributed by atoms with Crippen LogP contribution in [0.15, 0.2) is 46.6 Å². The number of hydrogen-bond donors (Lipinski definition) is 0. The number of aromatic nitrogens is 1. The van der Waals surface area contributed by atoms with Gasteiger partial charge in [-0.2, -0.15) is 0 Å². The van der Waals surface area contributed by atoms with Gasteiger partial charge in [0.1, 0.15) is 10.1 Å². The van der Waals surface area contributed by atoms with Crippen LogP contribution in [0.25, 0.3) is 0 Å². The summed E-state index contributed by atoms with van der Waals surface area (Å²) in [6.07, 6.45) is 7.11. The molecule has 0 saturated carbocycles. The zero-order valence-electron chi connectivity index (χ0n) is 7.59. The lowest BCUT2D eigenvalue weighted by molar-refractivity contribution is 1.000. The Morgan fingerprint density at radius 2 is 2.21 bits per heavy atom. The Morgan fingerprint density at radius 1 is 1.21 bits per heavy atom. The van der Waals surface area contributed by atoms with Gasteiger partial charge in [0.15, 0.2) is 0 Å². The molecule has 2 nitrogen and oxygen atoms in total. The summed E-state index contributed by atoms with van der Waals surface area (Å²) in [6, 6.07) is 5.92. The van der Waals surface area contributed by atoms with E-state index < -0.39 is 0 Å². The third-order valence-corrected chi connectivity index (χ3v) is 3.88. The number of hydrogen-bond acceptors (Lipinski definition) is 4. The van der Waals surface area contributed by atoms with Crippen molar-refractivity contribution in [3.8, 4) is 0 Å². The van der Waals surface area contributed by atoms with Crippen molar-refractivity contribution in [1.29, 1.82) is 0 Å². The molecule has 0 bridgehead atoms. The minimum absolute atomic E-state index is 0.918. The van der Waals surface area contributed by atoms with Crippen LogP contribution in [-0.2, 0) is 0 Å². The van der Waals surface area contributed by atoms with E-state index in [0.29, 0.717) is 0 Å². The summed E-state index contributed by atoms with van der Waals surface area (Å²) in [5.41, 5.74) is 0.